The molecule has 2 heterocycles. The van der Waals surface area contributed by atoms with Crippen LogP contribution in [0.2, 0.25) is 0 Å². The lowest BCUT2D eigenvalue weighted by Crippen LogP contribution is -2.30. The summed E-state index contributed by atoms with van der Waals surface area (Å²) in [7, 11) is 3.11. The third-order valence-corrected chi connectivity index (χ3v) is 5.40. The number of methoxy groups -OCH3 is 2. The number of rotatable bonds is 10. The van der Waals surface area contributed by atoms with Gasteiger partial charge >= 0.3 is 0 Å². The lowest BCUT2D eigenvalue weighted by molar-refractivity contribution is 0.100. The lowest BCUT2D eigenvalue weighted by atomic mass is 10.1. The first-order valence-corrected chi connectivity index (χ1v) is 10.8. The highest BCUT2D eigenvalue weighted by atomic mass is 16.5. The quantitative estimate of drug-likeness (QED) is 0.365. The van der Waals surface area contributed by atoms with Crippen molar-refractivity contribution >= 4 is 28.9 Å². The van der Waals surface area contributed by atoms with Crippen LogP contribution in [0.1, 0.15) is 49.7 Å². The van der Waals surface area contributed by atoms with Crippen LogP contribution >= 0.6 is 0 Å². The Kier molecular flexibility index (Phi) is 7.27. The van der Waals surface area contributed by atoms with Crippen LogP contribution in [-0.4, -0.2) is 52.5 Å². The standard InChI is InChI=1S/C23H32N6O4/c1-12(2)17-10-19(26-18(11-30)13(3)4)29-23(27-17)20(21(24)31)22(28-29)25-14-7-15(32-5)9-16(8-14)33-6/h7-10,12-13,18,26,30H,11H2,1-6H3,(H2,24,31)(H,25,28)/t18-/m0/s1. The summed E-state index contributed by atoms with van der Waals surface area (Å²) in [5, 5.41) is 20.9. The normalized spacial score (nSPS) is 12.3. The number of nitrogens with two attached hydrogens (primary N) is 1. The Morgan fingerprint density at radius 3 is 2.24 bits per heavy atom. The van der Waals surface area contributed by atoms with Crippen LogP contribution in [0.3, 0.4) is 0 Å². The molecule has 0 bridgehead atoms. The van der Waals surface area contributed by atoms with Crippen LogP contribution in [0, 0.1) is 5.92 Å². The Hall–Kier alpha value is -3.53. The van der Waals surface area contributed by atoms with Gasteiger partial charge in [0.15, 0.2) is 11.5 Å². The van der Waals surface area contributed by atoms with Gasteiger partial charge in [-0.2, -0.15) is 4.52 Å². The highest BCUT2D eigenvalue weighted by Crippen LogP contribution is 2.31. The van der Waals surface area contributed by atoms with Crippen molar-refractivity contribution < 1.29 is 19.4 Å². The van der Waals surface area contributed by atoms with E-state index in [1.54, 1.807) is 32.4 Å². The molecular formula is C23H32N6O4. The first kappa shape index (κ1) is 24.1. The maximum absolute atomic E-state index is 12.5. The molecule has 1 amide bonds. The Morgan fingerprint density at radius 1 is 1.12 bits per heavy atom. The van der Waals surface area contributed by atoms with E-state index in [1.807, 2.05) is 33.8 Å². The second-order valence-electron chi connectivity index (χ2n) is 8.45. The number of carbonyl (C=O) groups excluding carboxylic acids is 1. The summed E-state index contributed by atoms with van der Waals surface area (Å²) in [5.41, 5.74) is 7.62. The number of aliphatic hydroxyl groups is 1. The van der Waals surface area contributed by atoms with Crippen molar-refractivity contribution in [3.8, 4) is 11.5 Å². The van der Waals surface area contributed by atoms with Crippen molar-refractivity contribution in [3.05, 3.63) is 35.5 Å². The van der Waals surface area contributed by atoms with Gasteiger partial charge in [-0.25, -0.2) is 4.98 Å². The Bertz CT molecular complexity index is 1120. The predicted octanol–water partition coefficient (Wildman–Crippen LogP) is 3.14. The number of aliphatic hydroxyl groups excluding tert-OH is 1. The van der Waals surface area contributed by atoms with Crippen LogP contribution in [0.25, 0.3) is 5.65 Å². The molecule has 0 radical (unpaired) electrons. The fraction of sp³-hybridized carbons (Fsp3) is 0.435. The number of fused-ring (bicyclic) bond motifs is 1. The largest absolute Gasteiger partial charge is 0.497 e. The predicted molar refractivity (Wildman–Crippen MR) is 128 cm³/mol. The second-order valence-corrected chi connectivity index (χ2v) is 8.45. The number of hydrogen-bond donors (Lipinski definition) is 4. The molecule has 0 aliphatic rings. The van der Waals surface area contributed by atoms with Crippen molar-refractivity contribution in [2.75, 3.05) is 31.5 Å². The van der Waals surface area contributed by atoms with Crippen LogP contribution in [-0.2, 0) is 0 Å². The minimum absolute atomic E-state index is 0.0584. The molecule has 3 aromatic rings. The molecule has 0 fully saturated rings. The summed E-state index contributed by atoms with van der Waals surface area (Å²) in [6.45, 7) is 7.98. The Morgan fingerprint density at radius 2 is 1.76 bits per heavy atom. The highest BCUT2D eigenvalue weighted by Gasteiger charge is 2.24. The summed E-state index contributed by atoms with van der Waals surface area (Å²) in [6.07, 6.45) is 0. The number of nitrogens with zero attached hydrogens (tertiary/aromatic N) is 3. The zero-order chi connectivity index (χ0) is 24.3. The number of hydrogen-bond acceptors (Lipinski definition) is 8. The molecular weight excluding hydrogens is 424 g/mol. The fourth-order valence-electron chi connectivity index (χ4n) is 3.38. The summed E-state index contributed by atoms with van der Waals surface area (Å²) >= 11 is 0. The molecule has 33 heavy (non-hydrogen) atoms. The molecule has 2 aromatic heterocycles. The highest BCUT2D eigenvalue weighted by molar-refractivity contribution is 6.04. The van der Waals surface area contributed by atoms with Crippen molar-refractivity contribution in [1.29, 1.82) is 0 Å². The summed E-state index contributed by atoms with van der Waals surface area (Å²) in [4.78, 5) is 17.2. The Balaban J connectivity index is 2.19. The van der Waals surface area contributed by atoms with Gasteiger partial charge in [-0.15, -0.1) is 5.10 Å². The first-order valence-electron chi connectivity index (χ1n) is 10.8. The Labute approximate surface area is 193 Å². The average Bonchev–Trinajstić information content (AvgIpc) is 3.14. The van der Waals surface area contributed by atoms with E-state index in [0.717, 1.165) is 5.69 Å². The second kappa shape index (κ2) is 9.95. The van der Waals surface area contributed by atoms with Crippen LogP contribution in [0.15, 0.2) is 24.3 Å². The monoisotopic (exact) mass is 456 g/mol. The summed E-state index contributed by atoms with van der Waals surface area (Å²) < 4.78 is 12.2. The number of anilines is 3. The van der Waals surface area contributed by atoms with E-state index in [0.29, 0.717) is 28.7 Å². The molecule has 0 unspecified atom stereocenters. The van der Waals surface area contributed by atoms with Gasteiger partial charge in [-0.3, -0.25) is 4.79 Å². The number of primary amides is 1. The molecule has 0 aliphatic carbocycles. The van der Waals surface area contributed by atoms with Crippen molar-refractivity contribution in [2.45, 2.75) is 39.7 Å². The van der Waals surface area contributed by atoms with Gasteiger partial charge in [0.25, 0.3) is 5.91 Å². The molecule has 0 saturated heterocycles. The number of ether oxygens (including phenoxy) is 2. The van der Waals surface area contributed by atoms with Gasteiger partial charge in [0, 0.05) is 35.6 Å². The zero-order valence-corrected chi connectivity index (χ0v) is 19.8. The molecule has 0 saturated carbocycles. The minimum Gasteiger partial charge on any atom is -0.497 e. The molecule has 10 heteroatoms. The van der Waals surface area contributed by atoms with Crippen LogP contribution in [0.5, 0.6) is 11.5 Å². The molecule has 1 aromatic carbocycles. The van der Waals surface area contributed by atoms with E-state index >= 15 is 0 Å². The molecule has 10 nitrogen and oxygen atoms in total. The zero-order valence-electron chi connectivity index (χ0n) is 19.8. The van der Waals surface area contributed by atoms with Crippen molar-refractivity contribution in [3.63, 3.8) is 0 Å². The van der Waals surface area contributed by atoms with Gasteiger partial charge in [-0.1, -0.05) is 27.7 Å². The smallest absolute Gasteiger partial charge is 0.256 e. The molecule has 0 aliphatic heterocycles. The third kappa shape index (κ3) is 5.11. The average molecular weight is 457 g/mol. The van der Waals surface area contributed by atoms with E-state index in [2.05, 4.69) is 20.7 Å². The maximum atomic E-state index is 12.5. The number of benzene rings is 1. The van der Waals surface area contributed by atoms with Crippen LogP contribution in [0.4, 0.5) is 17.3 Å². The SMILES string of the molecule is COc1cc(Nc2nn3c(N[C@@H](CO)C(C)C)cc(C(C)C)nc3c2C(N)=O)cc(OC)c1. The molecule has 3 rings (SSSR count). The van der Waals surface area contributed by atoms with Gasteiger partial charge in [-0.05, 0) is 11.8 Å². The van der Waals surface area contributed by atoms with E-state index < -0.39 is 5.91 Å². The lowest BCUT2D eigenvalue weighted by Gasteiger charge is -2.22. The summed E-state index contributed by atoms with van der Waals surface area (Å²) in [5.74, 6) is 1.60. The van der Waals surface area contributed by atoms with E-state index in [-0.39, 0.29) is 35.9 Å². The first-order chi connectivity index (χ1) is 15.7. The van der Waals surface area contributed by atoms with Crippen molar-refractivity contribution in [2.24, 2.45) is 11.7 Å². The summed E-state index contributed by atoms with van der Waals surface area (Å²) in [6, 6.07) is 6.91. The van der Waals surface area contributed by atoms with Crippen molar-refractivity contribution in [1.82, 2.24) is 14.6 Å². The minimum atomic E-state index is -0.663. The van der Waals surface area contributed by atoms with Gasteiger partial charge in [0.05, 0.1) is 26.9 Å². The fourth-order valence-corrected chi connectivity index (χ4v) is 3.38. The van der Waals surface area contributed by atoms with Gasteiger partial charge < -0.3 is 30.9 Å². The van der Waals surface area contributed by atoms with Crippen LogP contribution < -0.4 is 25.8 Å². The van der Waals surface area contributed by atoms with Gasteiger partial charge in [0.1, 0.15) is 22.9 Å². The van der Waals surface area contributed by atoms with E-state index in [9.17, 15) is 9.90 Å². The molecule has 178 valence electrons. The van der Waals surface area contributed by atoms with Gasteiger partial charge in [0.2, 0.25) is 0 Å². The maximum Gasteiger partial charge on any atom is 0.256 e. The number of nitrogens with one attached hydrogen (secondary N) is 2. The third-order valence-electron chi connectivity index (χ3n) is 5.40. The molecule has 1 atom stereocenters. The van der Waals surface area contributed by atoms with E-state index in [4.69, 9.17) is 15.2 Å². The number of carbonyl (C=O) groups is 1. The van der Waals surface area contributed by atoms with E-state index in [1.165, 1.54) is 4.52 Å². The molecule has 5 N–H and O–H groups in total. The molecule has 0 spiro atoms. The topological polar surface area (TPSA) is 136 Å². The number of aromatic nitrogens is 3. The number of amides is 1.